The predicted octanol–water partition coefficient (Wildman–Crippen LogP) is 3.24. The van der Waals surface area contributed by atoms with Crippen molar-refractivity contribution in [3.63, 3.8) is 0 Å². The van der Waals surface area contributed by atoms with E-state index in [0.717, 1.165) is 22.0 Å². The summed E-state index contributed by atoms with van der Waals surface area (Å²) >= 11 is 0. The third-order valence-electron chi connectivity index (χ3n) is 3.38. The molecule has 1 aromatic heterocycles. The molecule has 3 rings (SSSR count). The lowest BCUT2D eigenvalue weighted by Crippen LogP contribution is -2.11. The van der Waals surface area contributed by atoms with E-state index in [1.807, 2.05) is 36.5 Å². The monoisotopic (exact) mass is 250 g/mol. The number of carbonyl (C=O) groups is 1. The molecule has 3 aromatic rings. The van der Waals surface area contributed by atoms with Gasteiger partial charge in [-0.1, -0.05) is 24.3 Å². The summed E-state index contributed by atoms with van der Waals surface area (Å²) < 4.78 is 0. The van der Waals surface area contributed by atoms with Gasteiger partial charge >= 0.3 is 0 Å². The zero-order valence-electron chi connectivity index (χ0n) is 10.6. The van der Waals surface area contributed by atoms with Crippen molar-refractivity contribution < 1.29 is 4.79 Å². The number of hydrogen-bond donors (Lipinski definition) is 2. The van der Waals surface area contributed by atoms with Gasteiger partial charge in [0.05, 0.1) is 11.1 Å². The van der Waals surface area contributed by atoms with Crippen LogP contribution in [0, 0.1) is 6.92 Å². The number of amides is 1. The van der Waals surface area contributed by atoms with E-state index in [4.69, 9.17) is 5.73 Å². The normalized spacial score (nSPS) is 10.8. The topological polar surface area (TPSA) is 58.9 Å². The van der Waals surface area contributed by atoms with E-state index >= 15 is 0 Å². The van der Waals surface area contributed by atoms with Crippen molar-refractivity contribution in [2.75, 3.05) is 0 Å². The molecule has 3 nitrogen and oxygen atoms in total. The number of H-pyrrole nitrogens is 1. The minimum atomic E-state index is -0.414. The van der Waals surface area contributed by atoms with E-state index in [1.54, 1.807) is 0 Å². The van der Waals surface area contributed by atoms with Crippen LogP contribution in [0.2, 0.25) is 0 Å². The summed E-state index contributed by atoms with van der Waals surface area (Å²) in [6.45, 7) is 2.06. The first-order valence-corrected chi connectivity index (χ1v) is 6.14. The number of nitrogens with two attached hydrogens (primary N) is 1. The van der Waals surface area contributed by atoms with E-state index in [-0.39, 0.29) is 0 Å². The van der Waals surface area contributed by atoms with E-state index in [2.05, 4.69) is 24.0 Å². The molecule has 0 spiro atoms. The summed E-state index contributed by atoms with van der Waals surface area (Å²) in [5.74, 6) is -0.414. The first-order valence-electron chi connectivity index (χ1n) is 6.14. The van der Waals surface area contributed by atoms with Crippen LogP contribution < -0.4 is 5.73 Å². The molecule has 1 amide bonds. The fourth-order valence-electron chi connectivity index (χ4n) is 2.42. The average Bonchev–Trinajstić information content (AvgIpc) is 2.86. The minimum Gasteiger partial charge on any atom is -0.366 e. The second kappa shape index (κ2) is 4.28. The lowest BCUT2D eigenvalue weighted by Gasteiger charge is -2.08. The van der Waals surface area contributed by atoms with E-state index in [0.29, 0.717) is 5.56 Å². The van der Waals surface area contributed by atoms with E-state index in [9.17, 15) is 4.79 Å². The smallest absolute Gasteiger partial charge is 0.250 e. The van der Waals surface area contributed by atoms with Crippen molar-refractivity contribution in [1.29, 1.82) is 0 Å². The molecule has 3 heteroatoms. The summed E-state index contributed by atoms with van der Waals surface area (Å²) in [6.07, 6.45) is 1.82. The van der Waals surface area contributed by atoms with Crippen LogP contribution in [0.25, 0.3) is 22.0 Å². The maximum atomic E-state index is 11.6. The summed E-state index contributed by atoms with van der Waals surface area (Å²) in [5.41, 5.74) is 10.1. The van der Waals surface area contributed by atoms with Crippen molar-refractivity contribution in [2.45, 2.75) is 6.92 Å². The molecule has 0 aliphatic carbocycles. The highest BCUT2D eigenvalue weighted by atomic mass is 16.1. The fraction of sp³-hybridized carbons (Fsp3) is 0.0625. The Morgan fingerprint density at radius 3 is 2.68 bits per heavy atom. The molecule has 0 saturated carbocycles. The standard InChI is InChI=1S/C16H14N2O/c1-10-4-2-3-5-13(10)12-8-11-6-7-18-15(11)14(9-12)16(17)19/h2-9,18H,1H3,(H2,17,19). The third kappa shape index (κ3) is 1.89. The first kappa shape index (κ1) is 11.5. The van der Waals surface area contributed by atoms with Gasteiger partial charge in [0.1, 0.15) is 0 Å². The number of aryl methyl sites for hydroxylation is 1. The summed E-state index contributed by atoms with van der Waals surface area (Å²) in [7, 11) is 0. The lowest BCUT2D eigenvalue weighted by molar-refractivity contribution is 0.100. The van der Waals surface area contributed by atoms with Crippen LogP contribution in [-0.4, -0.2) is 10.9 Å². The minimum absolute atomic E-state index is 0.414. The van der Waals surface area contributed by atoms with Crippen LogP contribution in [0.4, 0.5) is 0 Å². The van der Waals surface area contributed by atoms with Gasteiger partial charge in [0.25, 0.3) is 5.91 Å². The molecule has 0 fully saturated rings. The fourth-order valence-corrected chi connectivity index (χ4v) is 2.42. The number of rotatable bonds is 2. The SMILES string of the molecule is Cc1ccccc1-c1cc(C(N)=O)c2[nH]ccc2c1. The highest BCUT2D eigenvalue weighted by molar-refractivity contribution is 6.06. The van der Waals surface area contributed by atoms with Gasteiger partial charge in [-0.15, -0.1) is 0 Å². The van der Waals surface area contributed by atoms with E-state index < -0.39 is 5.91 Å². The molecule has 2 aromatic carbocycles. The Kier molecular flexibility index (Phi) is 2.60. The summed E-state index contributed by atoms with van der Waals surface area (Å²) in [4.78, 5) is 14.6. The van der Waals surface area contributed by atoms with Crippen LogP contribution in [-0.2, 0) is 0 Å². The number of hydrogen-bond acceptors (Lipinski definition) is 1. The Bertz CT molecular complexity index is 771. The molecule has 0 unspecified atom stereocenters. The Hall–Kier alpha value is -2.55. The van der Waals surface area contributed by atoms with Crippen molar-refractivity contribution in [2.24, 2.45) is 5.73 Å². The Morgan fingerprint density at radius 2 is 1.95 bits per heavy atom. The Morgan fingerprint density at radius 1 is 1.16 bits per heavy atom. The zero-order chi connectivity index (χ0) is 13.4. The lowest BCUT2D eigenvalue weighted by atomic mass is 9.97. The molecular weight excluding hydrogens is 236 g/mol. The van der Waals surface area contributed by atoms with Crippen molar-refractivity contribution in [1.82, 2.24) is 4.98 Å². The van der Waals surface area contributed by atoms with Crippen molar-refractivity contribution >= 4 is 16.8 Å². The van der Waals surface area contributed by atoms with Gasteiger partial charge in [-0.05, 0) is 41.8 Å². The average molecular weight is 250 g/mol. The number of carbonyl (C=O) groups excluding carboxylic acids is 1. The van der Waals surface area contributed by atoms with Gasteiger partial charge in [-0.3, -0.25) is 4.79 Å². The molecule has 0 aliphatic rings. The largest absolute Gasteiger partial charge is 0.366 e. The van der Waals surface area contributed by atoms with Crippen LogP contribution in [0.1, 0.15) is 15.9 Å². The second-order valence-corrected chi connectivity index (χ2v) is 4.64. The molecule has 0 radical (unpaired) electrons. The molecule has 0 atom stereocenters. The first-order chi connectivity index (χ1) is 9.16. The molecule has 0 bridgehead atoms. The highest BCUT2D eigenvalue weighted by Crippen LogP contribution is 2.29. The Balaban J connectivity index is 2.31. The van der Waals surface area contributed by atoms with Crippen LogP contribution in [0.15, 0.2) is 48.7 Å². The van der Waals surface area contributed by atoms with Gasteiger partial charge in [-0.2, -0.15) is 0 Å². The number of nitrogens with one attached hydrogen (secondary N) is 1. The number of fused-ring (bicyclic) bond motifs is 1. The molecular formula is C16H14N2O. The van der Waals surface area contributed by atoms with Crippen molar-refractivity contribution in [3.8, 4) is 11.1 Å². The van der Waals surface area contributed by atoms with Crippen LogP contribution >= 0.6 is 0 Å². The molecule has 3 N–H and O–H groups in total. The van der Waals surface area contributed by atoms with Crippen LogP contribution in [0.3, 0.4) is 0 Å². The van der Waals surface area contributed by atoms with Crippen LogP contribution in [0.5, 0.6) is 0 Å². The highest BCUT2D eigenvalue weighted by Gasteiger charge is 2.11. The van der Waals surface area contributed by atoms with Gasteiger partial charge in [0.2, 0.25) is 0 Å². The van der Waals surface area contributed by atoms with Gasteiger partial charge in [0.15, 0.2) is 0 Å². The maximum Gasteiger partial charge on any atom is 0.250 e. The summed E-state index contributed by atoms with van der Waals surface area (Å²) in [6, 6.07) is 14.0. The number of benzene rings is 2. The molecule has 19 heavy (non-hydrogen) atoms. The van der Waals surface area contributed by atoms with E-state index in [1.165, 1.54) is 5.56 Å². The summed E-state index contributed by atoms with van der Waals surface area (Å²) in [5, 5.41) is 0.995. The van der Waals surface area contributed by atoms with Gasteiger partial charge in [0, 0.05) is 11.6 Å². The third-order valence-corrected chi connectivity index (χ3v) is 3.38. The molecule has 0 aliphatic heterocycles. The molecule has 94 valence electrons. The maximum absolute atomic E-state index is 11.6. The number of aromatic nitrogens is 1. The zero-order valence-corrected chi connectivity index (χ0v) is 10.6. The number of primary amides is 1. The predicted molar refractivity (Wildman–Crippen MR) is 77.0 cm³/mol. The quantitative estimate of drug-likeness (QED) is 0.720. The van der Waals surface area contributed by atoms with Gasteiger partial charge < -0.3 is 10.7 Å². The number of aromatic amines is 1. The Labute approximate surface area is 111 Å². The van der Waals surface area contributed by atoms with Crippen molar-refractivity contribution in [3.05, 3.63) is 59.8 Å². The second-order valence-electron chi connectivity index (χ2n) is 4.64. The molecule has 0 saturated heterocycles. The van der Waals surface area contributed by atoms with Gasteiger partial charge in [-0.25, -0.2) is 0 Å². The molecule has 1 heterocycles.